The highest BCUT2D eigenvalue weighted by Gasteiger charge is 2.20. The van der Waals surface area contributed by atoms with Crippen molar-refractivity contribution in [3.8, 4) is 45.6 Å². The molecule has 6 nitrogen and oxygen atoms in total. The van der Waals surface area contributed by atoms with Gasteiger partial charge in [-0.2, -0.15) is 0 Å². The van der Waals surface area contributed by atoms with Crippen molar-refractivity contribution in [2.24, 2.45) is 0 Å². The van der Waals surface area contributed by atoms with Crippen molar-refractivity contribution in [1.82, 2.24) is 19.9 Å². The first-order valence-corrected chi connectivity index (χ1v) is 18.6. The SMILES string of the molecule is c1ccc(-c2nc(-c3ccc4c5ccccc5c5ccccc5c4c3)nc(-c3cccc4cc5oc6ccc7oc(-c8ccccc8)nc7c6c5cc34)n2)cc1. The standard InChI is InChI=1S/C50H28N4O2/c1-3-12-29(13-4-1)47-52-48(32-22-23-37-35-19-8-7-17-33(35)34-18-9-10-20-36(34)40(37)26-32)54-49(53-47)38-21-11-16-31-27-44-41(28-39(31)38)45-42(55-44)24-25-43-46(45)51-50(56-43)30-14-5-2-6-15-30/h1-28H. The average molecular weight is 717 g/mol. The van der Waals surface area contributed by atoms with Crippen LogP contribution in [0.25, 0.3) is 122 Å². The van der Waals surface area contributed by atoms with Crippen LogP contribution in [0.2, 0.25) is 0 Å². The fourth-order valence-corrected chi connectivity index (χ4v) is 8.31. The second-order valence-corrected chi connectivity index (χ2v) is 14.2. The van der Waals surface area contributed by atoms with Gasteiger partial charge in [-0.25, -0.2) is 19.9 Å². The average Bonchev–Trinajstić information content (AvgIpc) is 3.87. The lowest BCUT2D eigenvalue weighted by molar-refractivity contribution is 0.619. The molecule has 0 radical (unpaired) electrons. The maximum atomic E-state index is 6.45. The summed E-state index contributed by atoms with van der Waals surface area (Å²) in [6.45, 7) is 0. The molecule has 0 aliphatic heterocycles. The number of benzene rings is 9. The molecule has 56 heavy (non-hydrogen) atoms. The van der Waals surface area contributed by atoms with Gasteiger partial charge in [0.25, 0.3) is 0 Å². The van der Waals surface area contributed by atoms with E-state index in [9.17, 15) is 0 Å². The molecule has 6 heteroatoms. The van der Waals surface area contributed by atoms with E-state index < -0.39 is 0 Å². The number of hydrogen-bond donors (Lipinski definition) is 0. The summed E-state index contributed by atoms with van der Waals surface area (Å²) in [5.74, 6) is 2.38. The van der Waals surface area contributed by atoms with Crippen molar-refractivity contribution >= 4 is 76.1 Å². The van der Waals surface area contributed by atoms with E-state index in [-0.39, 0.29) is 0 Å². The third-order valence-corrected chi connectivity index (χ3v) is 10.9. The Morgan fingerprint density at radius 3 is 1.66 bits per heavy atom. The largest absolute Gasteiger partial charge is 0.456 e. The molecule has 0 saturated carbocycles. The number of furan rings is 1. The van der Waals surface area contributed by atoms with Gasteiger partial charge in [0.05, 0.1) is 5.39 Å². The van der Waals surface area contributed by atoms with Crippen LogP contribution in [-0.4, -0.2) is 19.9 Å². The molecule has 0 aliphatic rings. The predicted octanol–water partition coefficient (Wildman–Crippen LogP) is 13.2. The summed E-state index contributed by atoms with van der Waals surface area (Å²) in [5.41, 5.74) is 6.66. The Hall–Kier alpha value is -7.70. The van der Waals surface area contributed by atoms with Crippen molar-refractivity contribution < 1.29 is 8.83 Å². The van der Waals surface area contributed by atoms with Crippen LogP contribution in [0.5, 0.6) is 0 Å². The topological polar surface area (TPSA) is 77.8 Å². The monoisotopic (exact) mass is 716 g/mol. The Bertz CT molecular complexity index is 3500. The Labute approximate surface area is 319 Å². The van der Waals surface area contributed by atoms with E-state index in [1.165, 1.54) is 26.9 Å². The van der Waals surface area contributed by atoms with E-state index >= 15 is 0 Å². The molecule has 0 aliphatic carbocycles. The molecule has 0 bridgehead atoms. The van der Waals surface area contributed by atoms with Crippen LogP contribution in [0.4, 0.5) is 0 Å². The number of hydrogen-bond acceptors (Lipinski definition) is 6. The van der Waals surface area contributed by atoms with Crippen LogP contribution in [0.3, 0.4) is 0 Å². The van der Waals surface area contributed by atoms with E-state index in [2.05, 4.69) is 91.0 Å². The zero-order valence-electron chi connectivity index (χ0n) is 29.8. The Morgan fingerprint density at radius 1 is 0.321 bits per heavy atom. The summed E-state index contributed by atoms with van der Waals surface area (Å²) in [6, 6.07) is 58.3. The Morgan fingerprint density at radius 2 is 0.929 bits per heavy atom. The molecule has 0 unspecified atom stereocenters. The molecule has 9 aromatic carbocycles. The molecule has 0 amide bonds. The van der Waals surface area contributed by atoms with E-state index in [0.29, 0.717) is 28.9 Å². The first-order chi connectivity index (χ1) is 27.7. The lowest BCUT2D eigenvalue weighted by Gasteiger charge is -2.13. The van der Waals surface area contributed by atoms with Gasteiger partial charge in [-0.05, 0) is 85.6 Å². The van der Waals surface area contributed by atoms with E-state index in [1.54, 1.807) is 0 Å². The van der Waals surface area contributed by atoms with E-state index in [4.69, 9.17) is 28.8 Å². The number of nitrogens with zero attached hydrogens (tertiary/aromatic N) is 4. The van der Waals surface area contributed by atoms with Gasteiger partial charge >= 0.3 is 0 Å². The first kappa shape index (κ1) is 30.7. The van der Waals surface area contributed by atoms with Gasteiger partial charge in [0, 0.05) is 27.6 Å². The Kier molecular flexibility index (Phi) is 6.53. The third-order valence-electron chi connectivity index (χ3n) is 10.9. The second kappa shape index (κ2) is 11.9. The maximum absolute atomic E-state index is 6.45. The van der Waals surface area contributed by atoms with Crippen LogP contribution in [0.15, 0.2) is 179 Å². The smallest absolute Gasteiger partial charge is 0.227 e. The number of oxazole rings is 1. The lowest BCUT2D eigenvalue weighted by atomic mass is 9.93. The molecule has 0 fully saturated rings. The summed E-state index contributed by atoms with van der Waals surface area (Å²) in [6.07, 6.45) is 0. The van der Waals surface area contributed by atoms with Crippen LogP contribution in [-0.2, 0) is 0 Å². The van der Waals surface area contributed by atoms with Crippen LogP contribution >= 0.6 is 0 Å². The summed E-state index contributed by atoms with van der Waals surface area (Å²) in [7, 11) is 0. The minimum Gasteiger partial charge on any atom is -0.456 e. The second-order valence-electron chi connectivity index (χ2n) is 14.2. The molecule has 12 aromatic rings. The van der Waals surface area contributed by atoms with Crippen LogP contribution in [0.1, 0.15) is 0 Å². The molecule has 12 rings (SSSR count). The van der Waals surface area contributed by atoms with Crippen LogP contribution < -0.4 is 0 Å². The molecule has 0 atom stereocenters. The summed E-state index contributed by atoms with van der Waals surface area (Å²) in [4.78, 5) is 20.5. The normalized spacial score (nSPS) is 11.9. The molecule has 0 N–H and O–H groups in total. The number of aromatic nitrogens is 4. The van der Waals surface area contributed by atoms with E-state index in [0.717, 1.165) is 65.9 Å². The quantitative estimate of drug-likeness (QED) is 0.169. The molecule has 0 spiro atoms. The molecular weight excluding hydrogens is 689 g/mol. The van der Waals surface area contributed by atoms with Crippen molar-refractivity contribution in [3.05, 3.63) is 170 Å². The third kappa shape index (κ3) is 4.69. The van der Waals surface area contributed by atoms with Gasteiger partial charge in [0.1, 0.15) is 16.7 Å². The van der Waals surface area contributed by atoms with Gasteiger partial charge in [-0.15, -0.1) is 0 Å². The molecular formula is C50H28N4O2. The predicted molar refractivity (Wildman–Crippen MR) is 226 cm³/mol. The fourth-order valence-electron chi connectivity index (χ4n) is 8.31. The zero-order chi connectivity index (χ0) is 36.7. The summed E-state index contributed by atoms with van der Waals surface area (Å²) < 4.78 is 12.7. The van der Waals surface area contributed by atoms with Crippen molar-refractivity contribution in [1.29, 1.82) is 0 Å². The van der Waals surface area contributed by atoms with Crippen molar-refractivity contribution in [2.75, 3.05) is 0 Å². The van der Waals surface area contributed by atoms with Gasteiger partial charge in [-0.1, -0.05) is 127 Å². The highest BCUT2D eigenvalue weighted by Crippen LogP contribution is 2.41. The van der Waals surface area contributed by atoms with Crippen LogP contribution in [0, 0.1) is 0 Å². The lowest BCUT2D eigenvalue weighted by Crippen LogP contribution is -2.00. The molecule has 260 valence electrons. The molecule has 3 aromatic heterocycles. The Balaban J connectivity index is 1.09. The summed E-state index contributed by atoms with van der Waals surface area (Å²) >= 11 is 0. The molecule has 3 heterocycles. The van der Waals surface area contributed by atoms with Gasteiger partial charge in [-0.3, -0.25) is 0 Å². The maximum Gasteiger partial charge on any atom is 0.227 e. The zero-order valence-corrected chi connectivity index (χ0v) is 29.8. The minimum atomic E-state index is 0.574. The van der Waals surface area contributed by atoms with Crippen molar-refractivity contribution in [2.45, 2.75) is 0 Å². The van der Waals surface area contributed by atoms with Gasteiger partial charge in [0.15, 0.2) is 23.1 Å². The van der Waals surface area contributed by atoms with E-state index in [1.807, 2.05) is 78.9 Å². The summed E-state index contributed by atoms with van der Waals surface area (Å²) in [5, 5.41) is 11.1. The van der Waals surface area contributed by atoms with Gasteiger partial charge in [0.2, 0.25) is 5.89 Å². The highest BCUT2D eigenvalue weighted by atomic mass is 16.4. The first-order valence-electron chi connectivity index (χ1n) is 18.6. The number of fused-ring (bicyclic) bond motifs is 12. The molecule has 0 saturated heterocycles. The fraction of sp³-hybridized carbons (Fsp3) is 0. The van der Waals surface area contributed by atoms with Crippen molar-refractivity contribution in [3.63, 3.8) is 0 Å². The van der Waals surface area contributed by atoms with Gasteiger partial charge < -0.3 is 8.83 Å². The highest BCUT2D eigenvalue weighted by molar-refractivity contribution is 6.26. The number of rotatable bonds is 4. The minimum absolute atomic E-state index is 0.574.